The highest BCUT2D eigenvalue weighted by Gasteiger charge is 2.26. The highest BCUT2D eigenvalue weighted by molar-refractivity contribution is 7.89. The Hall–Kier alpha value is -2.69. The lowest BCUT2D eigenvalue weighted by atomic mass is 10.1. The van der Waals surface area contributed by atoms with Crippen LogP contribution in [0.4, 0.5) is 0 Å². The summed E-state index contributed by atoms with van der Waals surface area (Å²) < 4.78 is 44.6. The van der Waals surface area contributed by atoms with Gasteiger partial charge in [0, 0.05) is 52.4 Å². The molecule has 0 radical (unpaired) electrons. The summed E-state index contributed by atoms with van der Waals surface area (Å²) in [4.78, 5) is 5.03. The maximum atomic E-state index is 13.4. The Kier molecular flexibility index (Phi) is 10.1. The monoisotopic (exact) mass is 569 g/mol. The second-order valence-electron chi connectivity index (χ2n) is 11.0. The van der Waals surface area contributed by atoms with E-state index < -0.39 is 10.0 Å². The molecule has 0 spiro atoms. The molecule has 0 bridgehead atoms. The van der Waals surface area contributed by atoms with Crippen molar-refractivity contribution in [1.82, 2.24) is 14.1 Å². The van der Waals surface area contributed by atoms with Gasteiger partial charge in [-0.1, -0.05) is 24.3 Å². The zero-order valence-electron chi connectivity index (χ0n) is 24.6. The van der Waals surface area contributed by atoms with Crippen LogP contribution in [0.1, 0.15) is 46.4 Å². The van der Waals surface area contributed by atoms with E-state index in [1.54, 1.807) is 53.5 Å². The molecule has 8 nitrogen and oxygen atoms in total. The van der Waals surface area contributed by atoms with Crippen LogP contribution in [0.15, 0.2) is 58.0 Å². The number of hydrogen-bond donors (Lipinski definition) is 0. The molecule has 0 amide bonds. The molecule has 3 aromatic rings. The molecule has 0 unspecified atom stereocenters. The van der Waals surface area contributed by atoms with Crippen molar-refractivity contribution in [3.8, 4) is 5.75 Å². The molecular weight excluding hydrogens is 526 g/mol. The normalized spacial score (nSPS) is 15.3. The molecule has 2 aromatic carbocycles. The van der Waals surface area contributed by atoms with Gasteiger partial charge in [-0.25, -0.2) is 8.42 Å². The molecule has 0 saturated carbocycles. The van der Waals surface area contributed by atoms with Gasteiger partial charge < -0.3 is 13.9 Å². The smallest absolute Gasteiger partial charge is 0.243 e. The average Bonchev–Trinajstić information content (AvgIpc) is 3.35. The number of benzene rings is 2. The third-order valence-electron chi connectivity index (χ3n) is 7.63. The van der Waals surface area contributed by atoms with Crippen molar-refractivity contribution in [2.24, 2.45) is 0 Å². The number of furan rings is 1. The Bertz CT molecular complexity index is 1340. The highest BCUT2D eigenvalue weighted by atomic mass is 32.2. The molecule has 4 rings (SSSR count). The Balaban J connectivity index is 1.30. The van der Waals surface area contributed by atoms with Crippen molar-refractivity contribution in [1.29, 1.82) is 0 Å². The lowest BCUT2D eigenvalue weighted by Crippen LogP contribution is -2.36. The first-order valence-electron chi connectivity index (χ1n) is 13.8. The third-order valence-corrected chi connectivity index (χ3v) is 9.74. The second kappa shape index (κ2) is 13.3. The molecule has 1 aliphatic rings. The first kappa shape index (κ1) is 30.3. The van der Waals surface area contributed by atoms with Crippen molar-refractivity contribution in [2.75, 3.05) is 41.4 Å². The summed E-state index contributed by atoms with van der Waals surface area (Å²) in [6, 6.07) is 14.3. The molecular formula is C31H43N3O5S. The van der Waals surface area contributed by atoms with E-state index in [0.717, 1.165) is 44.6 Å². The molecule has 1 aliphatic heterocycles. The van der Waals surface area contributed by atoms with Crippen LogP contribution in [-0.4, -0.2) is 70.0 Å². The molecule has 40 heavy (non-hydrogen) atoms. The Labute approximate surface area is 239 Å². The van der Waals surface area contributed by atoms with Crippen molar-refractivity contribution in [3.63, 3.8) is 0 Å². The summed E-state index contributed by atoms with van der Waals surface area (Å²) in [5.74, 6) is 1.25. The van der Waals surface area contributed by atoms with Crippen LogP contribution < -0.4 is 4.74 Å². The average molecular weight is 570 g/mol. The van der Waals surface area contributed by atoms with Crippen molar-refractivity contribution < 1.29 is 22.3 Å². The SMILES string of the molecule is COc1cc(C)c(S(=O)(=O)N(C)Cc2cc(CN(C)Cc3ccc(CN4CCC(OC)CC4)cc3)co2)c(C)c1. The van der Waals surface area contributed by atoms with Gasteiger partial charge in [0.05, 0.1) is 30.9 Å². The van der Waals surface area contributed by atoms with Gasteiger partial charge in [0.1, 0.15) is 11.5 Å². The maximum absolute atomic E-state index is 13.4. The summed E-state index contributed by atoms with van der Waals surface area (Å²) in [5.41, 5.74) is 4.91. The van der Waals surface area contributed by atoms with E-state index in [2.05, 4.69) is 41.1 Å². The Morgan fingerprint density at radius 3 is 2.10 bits per heavy atom. The minimum absolute atomic E-state index is 0.154. The fourth-order valence-electron chi connectivity index (χ4n) is 5.48. The van der Waals surface area contributed by atoms with Crippen molar-refractivity contribution in [3.05, 3.63) is 82.3 Å². The minimum Gasteiger partial charge on any atom is -0.497 e. The number of ether oxygens (including phenoxy) is 2. The number of sulfonamides is 1. The van der Waals surface area contributed by atoms with Crippen LogP contribution in [0, 0.1) is 13.8 Å². The zero-order valence-corrected chi connectivity index (χ0v) is 25.5. The summed E-state index contributed by atoms with van der Waals surface area (Å²) in [7, 11) is 3.34. The van der Waals surface area contributed by atoms with E-state index in [1.165, 1.54) is 15.4 Å². The van der Waals surface area contributed by atoms with Crippen LogP contribution in [-0.2, 0) is 40.9 Å². The standard InChI is InChI=1S/C31H43N3O5S/c1-23-15-29(38-6)16-24(2)31(23)40(35,36)33(4)21-30-17-27(22-39-30)19-32(3)18-25-7-9-26(10-8-25)20-34-13-11-28(37-5)12-14-34/h7-10,15-17,22,28H,11-14,18-21H2,1-6H3. The minimum atomic E-state index is -3.70. The van der Waals surface area contributed by atoms with Crippen LogP contribution in [0.3, 0.4) is 0 Å². The molecule has 9 heteroatoms. The van der Waals surface area contributed by atoms with E-state index in [9.17, 15) is 8.42 Å². The largest absolute Gasteiger partial charge is 0.497 e. The van der Waals surface area contributed by atoms with E-state index in [-0.39, 0.29) is 6.54 Å². The zero-order chi connectivity index (χ0) is 28.9. The summed E-state index contributed by atoms with van der Waals surface area (Å²) >= 11 is 0. The van der Waals surface area contributed by atoms with Crippen LogP contribution >= 0.6 is 0 Å². The van der Waals surface area contributed by atoms with E-state index in [0.29, 0.717) is 40.2 Å². The van der Waals surface area contributed by atoms with Gasteiger partial charge in [0.25, 0.3) is 0 Å². The predicted octanol–water partition coefficient (Wildman–Crippen LogP) is 4.97. The number of likely N-dealkylation sites (tertiary alicyclic amines) is 1. The van der Waals surface area contributed by atoms with E-state index in [4.69, 9.17) is 13.9 Å². The number of nitrogens with zero attached hydrogens (tertiary/aromatic N) is 3. The number of aryl methyl sites for hydroxylation is 2. The molecule has 2 heterocycles. The summed E-state index contributed by atoms with van der Waals surface area (Å²) in [6.45, 7) is 8.38. The highest BCUT2D eigenvalue weighted by Crippen LogP contribution is 2.28. The summed E-state index contributed by atoms with van der Waals surface area (Å²) in [5, 5.41) is 0. The Morgan fingerprint density at radius 2 is 1.50 bits per heavy atom. The van der Waals surface area contributed by atoms with Gasteiger partial charge in [0.15, 0.2) is 0 Å². The third kappa shape index (κ3) is 7.53. The molecule has 0 aliphatic carbocycles. The van der Waals surface area contributed by atoms with E-state index >= 15 is 0 Å². The number of rotatable bonds is 12. The molecule has 0 N–H and O–H groups in total. The second-order valence-corrected chi connectivity index (χ2v) is 13.0. The van der Waals surface area contributed by atoms with Crippen molar-refractivity contribution >= 4 is 10.0 Å². The topological polar surface area (TPSA) is 75.5 Å². The van der Waals surface area contributed by atoms with Crippen LogP contribution in [0.2, 0.25) is 0 Å². The first-order valence-corrected chi connectivity index (χ1v) is 15.2. The molecule has 1 aromatic heterocycles. The van der Waals surface area contributed by atoms with E-state index in [1.807, 2.05) is 6.07 Å². The molecule has 218 valence electrons. The van der Waals surface area contributed by atoms with Gasteiger partial charge >= 0.3 is 0 Å². The van der Waals surface area contributed by atoms with Crippen molar-refractivity contribution in [2.45, 2.75) is 63.9 Å². The van der Waals surface area contributed by atoms with Gasteiger partial charge in [-0.2, -0.15) is 4.31 Å². The molecule has 1 saturated heterocycles. The predicted molar refractivity (Wildman–Crippen MR) is 157 cm³/mol. The van der Waals surface area contributed by atoms with Gasteiger partial charge in [-0.05, 0) is 74.2 Å². The van der Waals surface area contributed by atoms with Gasteiger partial charge in [-0.3, -0.25) is 9.80 Å². The van der Waals surface area contributed by atoms with Crippen LogP contribution in [0.25, 0.3) is 0 Å². The maximum Gasteiger partial charge on any atom is 0.243 e. The lowest BCUT2D eigenvalue weighted by molar-refractivity contribution is 0.0388. The number of piperidine rings is 1. The lowest BCUT2D eigenvalue weighted by Gasteiger charge is -2.31. The number of methoxy groups -OCH3 is 2. The Morgan fingerprint density at radius 1 is 0.900 bits per heavy atom. The fraction of sp³-hybridized carbons (Fsp3) is 0.484. The molecule has 1 fully saturated rings. The van der Waals surface area contributed by atoms with Crippen LogP contribution in [0.5, 0.6) is 5.75 Å². The first-order chi connectivity index (χ1) is 19.1. The fourth-order valence-corrected chi connectivity index (χ4v) is 7.02. The quantitative estimate of drug-likeness (QED) is 0.305. The molecule has 0 atom stereocenters. The number of hydrogen-bond acceptors (Lipinski definition) is 7. The van der Waals surface area contributed by atoms with Gasteiger partial charge in [0.2, 0.25) is 10.0 Å². The van der Waals surface area contributed by atoms with Gasteiger partial charge in [-0.15, -0.1) is 0 Å². The summed E-state index contributed by atoms with van der Waals surface area (Å²) in [6.07, 6.45) is 4.32.